The molecule has 0 radical (unpaired) electrons. The van der Waals surface area contributed by atoms with Crippen LogP contribution in [0.25, 0.3) is 16.6 Å². The van der Waals surface area contributed by atoms with Crippen molar-refractivity contribution in [3.63, 3.8) is 0 Å². The Morgan fingerprint density at radius 2 is 1.97 bits per heavy atom. The molecule has 1 saturated heterocycles. The number of nitrogens with zero attached hydrogens (tertiary/aromatic N) is 5. The zero-order valence-corrected chi connectivity index (χ0v) is 21.1. The molecule has 9 heteroatoms. The van der Waals surface area contributed by atoms with Gasteiger partial charge in [0.15, 0.2) is 11.6 Å². The van der Waals surface area contributed by atoms with Crippen LogP contribution in [0.4, 0.5) is 10.2 Å². The summed E-state index contributed by atoms with van der Waals surface area (Å²) in [6.45, 7) is 8.59. The fourth-order valence-corrected chi connectivity index (χ4v) is 4.84. The molecule has 0 aliphatic carbocycles. The summed E-state index contributed by atoms with van der Waals surface area (Å²) >= 11 is 0. The number of anilines is 1. The van der Waals surface area contributed by atoms with Crippen LogP contribution in [0.2, 0.25) is 0 Å². The van der Waals surface area contributed by atoms with Gasteiger partial charge >= 0.3 is 0 Å². The van der Waals surface area contributed by atoms with Gasteiger partial charge in [-0.25, -0.2) is 9.07 Å². The van der Waals surface area contributed by atoms with Crippen molar-refractivity contribution in [3.05, 3.63) is 65.2 Å². The zero-order chi connectivity index (χ0) is 25.2. The maximum Gasteiger partial charge on any atom is 0.179 e. The molecule has 1 aliphatic rings. The van der Waals surface area contributed by atoms with E-state index in [0.29, 0.717) is 24.1 Å². The van der Waals surface area contributed by atoms with E-state index in [2.05, 4.69) is 26.5 Å². The van der Waals surface area contributed by atoms with E-state index in [0.717, 1.165) is 59.9 Å². The molecular weight excluding hydrogens is 459 g/mol. The number of rotatable bonds is 8. The molecule has 1 unspecified atom stereocenters. The highest BCUT2D eigenvalue weighted by Crippen LogP contribution is 2.32. The van der Waals surface area contributed by atoms with Crippen molar-refractivity contribution in [1.82, 2.24) is 25.3 Å². The first-order chi connectivity index (χ1) is 17.5. The van der Waals surface area contributed by atoms with Crippen LogP contribution in [-0.4, -0.2) is 52.8 Å². The summed E-state index contributed by atoms with van der Waals surface area (Å²) in [5, 5.41) is 18.3. The molecule has 0 amide bonds. The summed E-state index contributed by atoms with van der Waals surface area (Å²) in [7, 11) is 1.68. The molecule has 2 aromatic carbocycles. The van der Waals surface area contributed by atoms with Gasteiger partial charge in [-0.2, -0.15) is 10.2 Å². The Hall–Kier alpha value is -3.72. The number of hydrogen-bond acceptors (Lipinski definition) is 7. The third-order valence-corrected chi connectivity index (χ3v) is 6.66. The summed E-state index contributed by atoms with van der Waals surface area (Å²) in [5.41, 5.74) is 3.89. The molecule has 1 fully saturated rings. The molecular formula is C27H31FN6O2. The summed E-state index contributed by atoms with van der Waals surface area (Å²) in [6, 6.07) is 13.2. The van der Waals surface area contributed by atoms with E-state index in [-0.39, 0.29) is 5.82 Å². The third kappa shape index (κ3) is 4.58. The molecule has 0 bridgehead atoms. The first kappa shape index (κ1) is 24.0. The lowest BCUT2D eigenvalue weighted by molar-refractivity contribution is 0.338. The van der Waals surface area contributed by atoms with Crippen LogP contribution in [0.5, 0.6) is 11.5 Å². The van der Waals surface area contributed by atoms with Gasteiger partial charge in [0, 0.05) is 31.7 Å². The van der Waals surface area contributed by atoms with Crippen LogP contribution in [0.1, 0.15) is 30.3 Å². The van der Waals surface area contributed by atoms with Crippen molar-refractivity contribution in [2.75, 3.05) is 31.7 Å². The van der Waals surface area contributed by atoms with Crippen molar-refractivity contribution in [2.24, 2.45) is 0 Å². The van der Waals surface area contributed by atoms with Crippen LogP contribution < -0.4 is 19.7 Å². The zero-order valence-electron chi connectivity index (χ0n) is 21.1. The average Bonchev–Trinajstić information content (AvgIpc) is 3.49. The minimum atomic E-state index is -0.389. The second-order valence-electron chi connectivity index (χ2n) is 9.04. The van der Waals surface area contributed by atoms with Crippen molar-refractivity contribution in [2.45, 2.75) is 39.8 Å². The molecule has 0 spiro atoms. The molecule has 8 nitrogen and oxygen atoms in total. The molecule has 188 valence electrons. The first-order valence-corrected chi connectivity index (χ1v) is 12.2. The van der Waals surface area contributed by atoms with E-state index in [1.54, 1.807) is 23.9 Å². The summed E-state index contributed by atoms with van der Waals surface area (Å²) in [5.74, 6) is 1.70. The number of aromatic nitrogens is 4. The summed E-state index contributed by atoms with van der Waals surface area (Å²) < 4.78 is 27.4. The lowest BCUT2D eigenvalue weighted by Gasteiger charge is -2.18. The van der Waals surface area contributed by atoms with E-state index in [1.165, 1.54) is 11.6 Å². The smallest absolute Gasteiger partial charge is 0.179 e. The molecule has 1 atom stereocenters. The average molecular weight is 491 g/mol. The molecule has 5 rings (SSSR count). The molecule has 1 aliphatic heterocycles. The number of halogens is 1. The summed E-state index contributed by atoms with van der Waals surface area (Å²) in [4.78, 5) is 2.21. The Bertz CT molecular complexity index is 1390. The van der Waals surface area contributed by atoms with Gasteiger partial charge in [0.1, 0.15) is 22.7 Å². The minimum Gasteiger partial charge on any atom is -0.497 e. The number of benzene rings is 2. The van der Waals surface area contributed by atoms with Gasteiger partial charge in [-0.05, 0) is 57.0 Å². The number of hydrogen-bond donors (Lipinski definition) is 1. The SMILES string of the molecule is CCOc1ccc(-n2nc3c(N4CCC(NCc5cccc(OC)c5)C4)nnc(C)c3c2C)c(F)c1. The van der Waals surface area contributed by atoms with Crippen molar-refractivity contribution in [1.29, 1.82) is 0 Å². The van der Waals surface area contributed by atoms with Crippen molar-refractivity contribution in [3.8, 4) is 17.2 Å². The molecule has 36 heavy (non-hydrogen) atoms. The minimum absolute atomic E-state index is 0.307. The second kappa shape index (κ2) is 10.1. The lowest BCUT2D eigenvalue weighted by atomic mass is 10.2. The molecule has 4 aromatic rings. The molecule has 3 heterocycles. The fourth-order valence-electron chi connectivity index (χ4n) is 4.84. The van der Waals surface area contributed by atoms with Crippen LogP contribution in [0, 0.1) is 19.7 Å². The van der Waals surface area contributed by atoms with Crippen LogP contribution in [0.15, 0.2) is 42.5 Å². The van der Waals surface area contributed by atoms with Gasteiger partial charge in [-0.15, -0.1) is 5.10 Å². The lowest BCUT2D eigenvalue weighted by Crippen LogP contribution is -2.32. The summed E-state index contributed by atoms with van der Waals surface area (Å²) in [6.07, 6.45) is 0.980. The van der Waals surface area contributed by atoms with Crippen LogP contribution in [0.3, 0.4) is 0 Å². The molecule has 2 aromatic heterocycles. The van der Waals surface area contributed by atoms with Gasteiger partial charge < -0.3 is 19.7 Å². The Labute approximate surface area is 210 Å². The van der Waals surface area contributed by atoms with E-state index >= 15 is 0 Å². The normalized spacial score (nSPS) is 15.6. The van der Waals surface area contributed by atoms with Crippen molar-refractivity contribution < 1.29 is 13.9 Å². The predicted molar refractivity (Wildman–Crippen MR) is 138 cm³/mol. The van der Waals surface area contributed by atoms with Crippen LogP contribution >= 0.6 is 0 Å². The topological polar surface area (TPSA) is 77.3 Å². The first-order valence-electron chi connectivity index (χ1n) is 12.2. The largest absolute Gasteiger partial charge is 0.497 e. The molecule has 0 saturated carbocycles. The number of ether oxygens (including phenoxy) is 2. The maximum atomic E-state index is 15.0. The fraction of sp³-hybridized carbons (Fsp3) is 0.370. The van der Waals surface area contributed by atoms with Crippen LogP contribution in [-0.2, 0) is 6.54 Å². The van der Waals surface area contributed by atoms with Gasteiger partial charge in [0.05, 0.1) is 30.5 Å². The van der Waals surface area contributed by atoms with Gasteiger partial charge in [0.25, 0.3) is 0 Å². The Morgan fingerprint density at radius 3 is 2.75 bits per heavy atom. The third-order valence-electron chi connectivity index (χ3n) is 6.66. The van der Waals surface area contributed by atoms with Crippen molar-refractivity contribution >= 4 is 16.7 Å². The maximum absolute atomic E-state index is 15.0. The van der Waals surface area contributed by atoms with E-state index in [4.69, 9.17) is 14.6 Å². The second-order valence-corrected chi connectivity index (χ2v) is 9.04. The number of aryl methyl sites for hydroxylation is 2. The Morgan fingerprint density at radius 1 is 1.11 bits per heavy atom. The Balaban J connectivity index is 1.39. The molecule has 1 N–H and O–H groups in total. The number of nitrogens with one attached hydrogen (secondary N) is 1. The highest BCUT2D eigenvalue weighted by atomic mass is 19.1. The monoisotopic (exact) mass is 490 g/mol. The van der Waals surface area contributed by atoms with Gasteiger partial charge in [-0.1, -0.05) is 12.1 Å². The van der Waals surface area contributed by atoms with E-state index in [9.17, 15) is 4.39 Å². The van der Waals surface area contributed by atoms with Gasteiger partial charge in [-0.3, -0.25) is 0 Å². The van der Waals surface area contributed by atoms with E-state index in [1.807, 2.05) is 39.0 Å². The highest BCUT2D eigenvalue weighted by Gasteiger charge is 2.28. The highest BCUT2D eigenvalue weighted by molar-refractivity contribution is 5.92. The van der Waals surface area contributed by atoms with Gasteiger partial charge in [0.2, 0.25) is 0 Å². The predicted octanol–water partition coefficient (Wildman–Crippen LogP) is 4.35. The Kier molecular flexibility index (Phi) is 6.73. The quantitative estimate of drug-likeness (QED) is 0.394. The standard InChI is InChI=1S/C27H31FN6O2/c1-5-36-22-9-10-24(23(28)14-22)34-18(3)25-17(2)30-31-27(26(25)32-34)33-12-11-20(16-33)29-15-19-7-6-8-21(13-19)35-4/h6-10,13-14,20,29H,5,11-12,15-16H2,1-4H3. The van der Waals surface area contributed by atoms with E-state index < -0.39 is 0 Å². The number of fused-ring (bicyclic) bond motifs is 1. The number of methoxy groups -OCH3 is 1.